The second-order valence-electron chi connectivity index (χ2n) is 7.49. The van der Waals surface area contributed by atoms with Gasteiger partial charge >= 0.3 is 0 Å². The van der Waals surface area contributed by atoms with Gasteiger partial charge in [0.05, 0.1) is 16.0 Å². The summed E-state index contributed by atoms with van der Waals surface area (Å²) in [5, 5.41) is 7.81. The van der Waals surface area contributed by atoms with Crippen LogP contribution in [0.2, 0.25) is 0 Å². The third-order valence-electron chi connectivity index (χ3n) is 5.46. The Bertz CT molecular complexity index is 1250. The maximum atomic E-state index is 11.8. The van der Waals surface area contributed by atoms with Gasteiger partial charge in [0.25, 0.3) is 0 Å². The molecule has 31 heavy (non-hydrogen) atoms. The lowest BCUT2D eigenvalue weighted by Crippen LogP contribution is -2.16. The molecule has 1 aliphatic rings. The number of hydrogen-bond donors (Lipinski definition) is 3. The summed E-state index contributed by atoms with van der Waals surface area (Å²) < 4.78 is 5.37. The number of anilines is 1. The van der Waals surface area contributed by atoms with Crippen LogP contribution in [-0.4, -0.2) is 33.3 Å². The number of amides is 1. The lowest BCUT2D eigenvalue weighted by molar-refractivity contribution is 0.100. The van der Waals surface area contributed by atoms with Crippen LogP contribution < -0.4 is 16.4 Å². The van der Waals surface area contributed by atoms with E-state index >= 15 is 0 Å². The van der Waals surface area contributed by atoms with E-state index in [-0.39, 0.29) is 0 Å². The zero-order valence-corrected chi connectivity index (χ0v) is 17.7. The third kappa shape index (κ3) is 3.87. The first-order valence-electron chi connectivity index (χ1n) is 10.3. The first kappa shape index (κ1) is 19.6. The molecule has 0 spiro atoms. The van der Waals surface area contributed by atoms with E-state index in [1.54, 1.807) is 6.07 Å². The predicted octanol–water partition coefficient (Wildman–Crippen LogP) is 3.15. The van der Waals surface area contributed by atoms with Gasteiger partial charge < -0.3 is 16.4 Å². The topological polar surface area (TPSA) is 106 Å². The van der Waals surface area contributed by atoms with Gasteiger partial charge in [0.1, 0.15) is 11.5 Å². The van der Waals surface area contributed by atoms with Crippen LogP contribution in [0, 0.1) is 0 Å². The van der Waals surface area contributed by atoms with Gasteiger partial charge in [-0.2, -0.15) is 4.37 Å². The Labute approximate surface area is 183 Å². The zero-order chi connectivity index (χ0) is 21.2. The van der Waals surface area contributed by atoms with Crippen molar-refractivity contribution in [1.82, 2.24) is 19.7 Å². The molecular formula is C23H22N6OS. The van der Waals surface area contributed by atoms with Crippen LogP contribution >= 0.6 is 11.5 Å². The minimum absolute atomic E-state index is 0.458. The number of carbonyl (C=O) groups excluding carboxylic acids is 1. The summed E-state index contributed by atoms with van der Waals surface area (Å²) in [7, 11) is 0. The SMILES string of the molecule is NC(=O)c1cccc2c(-c3nc4c(c(NCc5ccccc5)n3)CCNCC4)nsc12. The second-order valence-corrected chi connectivity index (χ2v) is 8.26. The first-order valence-corrected chi connectivity index (χ1v) is 11.0. The molecule has 0 unspecified atom stereocenters. The zero-order valence-electron chi connectivity index (χ0n) is 16.9. The average Bonchev–Trinajstić information content (AvgIpc) is 3.08. The fourth-order valence-electron chi connectivity index (χ4n) is 3.90. The van der Waals surface area contributed by atoms with Crippen molar-refractivity contribution in [3.05, 3.63) is 70.9 Å². The first-order chi connectivity index (χ1) is 15.2. The number of primary amides is 1. The van der Waals surface area contributed by atoms with Crippen molar-refractivity contribution in [2.24, 2.45) is 5.73 Å². The minimum atomic E-state index is -0.458. The standard InChI is InChI=1S/C23H22N6OS/c24-21(30)17-8-4-7-16-19(29-31-20(16)17)23-27-18-10-12-25-11-9-15(18)22(28-23)26-13-14-5-2-1-3-6-14/h1-8,25H,9-13H2,(H2,24,30)(H,26,27,28). The normalized spacial score (nSPS) is 13.5. The van der Waals surface area contributed by atoms with E-state index in [0.29, 0.717) is 23.6 Å². The number of fused-ring (bicyclic) bond motifs is 2. The number of nitrogens with two attached hydrogens (primary N) is 1. The van der Waals surface area contributed by atoms with Crippen molar-refractivity contribution >= 4 is 33.3 Å². The number of nitrogens with one attached hydrogen (secondary N) is 2. The summed E-state index contributed by atoms with van der Waals surface area (Å²) in [4.78, 5) is 21.6. The highest BCUT2D eigenvalue weighted by Gasteiger charge is 2.21. The Morgan fingerprint density at radius 1 is 1.06 bits per heavy atom. The molecule has 0 aliphatic carbocycles. The van der Waals surface area contributed by atoms with Crippen LogP contribution in [-0.2, 0) is 19.4 Å². The van der Waals surface area contributed by atoms with Crippen molar-refractivity contribution in [1.29, 1.82) is 0 Å². The van der Waals surface area contributed by atoms with Crippen LogP contribution in [0.5, 0.6) is 0 Å². The summed E-state index contributed by atoms with van der Waals surface area (Å²) in [5.41, 5.74) is 10.1. The maximum Gasteiger partial charge on any atom is 0.250 e. The third-order valence-corrected chi connectivity index (χ3v) is 6.36. The lowest BCUT2D eigenvalue weighted by atomic mass is 10.1. The summed E-state index contributed by atoms with van der Waals surface area (Å²) in [5.74, 6) is 0.962. The second kappa shape index (κ2) is 8.41. The van der Waals surface area contributed by atoms with Gasteiger partial charge in [-0.1, -0.05) is 42.5 Å². The van der Waals surface area contributed by atoms with Crippen molar-refractivity contribution < 1.29 is 4.79 Å². The van der Waals surface area contributed by atoms with Crippen LogP contribution in [0.3, 0.4) is 0 Å². The largest absolute Gasteiger partial charge is 0.366 e. The average molecular weight is 431 g/mol. The Morgan fingerprint density at radius 3 is 2.74 bits per heavy atom. The molecule has 0 saturated carbocycles. The Kier molecular flexibility index (Phi) is 5.31. The van der Waals surface area contributed by atoms with Gasteiger partial charge in [-0.05, 0) is 36.1 Å². The number of hydrogen-bond acceptors (Lipinski definition) is 7. The summed E-state index contributed by atoms with van der Waals surface area (Å²) in [6.45, 7) is 2.46. The van der Waals surface area contributed by atoms with Crippen molar-refractivity contribution in [3.63, 3.8) is 0 Å². The number of carbonyl (C=O) groups is 1. The van der Waals surface area contributed by atoms with E-state index in [2.05, 4.69) is 27.1 Å². The molecule has 156 valence electrons. The molecule has 0 radical (unpaired) electrons. The van der Waals surface area contributed by atoms with E-state index in [0.717, 1.165) is 53.1 Å². The molecule has 0 saturated heterocycles. The van der Waals surface area contributed by atoms with E-state index in [1.807, 2.05) is 30.3 Å². The Hall–Kier alpha value is -3.36. The maximum absolute atomic E-state index is 11.8. The molecule has 1 amide bonds. The monoisotopic (exact) mass is 430 g/mol. The fraction of sp³-hybridized carbons (Fsp3) is 0.217. The fourth-order valence-corrected chi connectivity index (χ4v) is 4.79. The Morgan fingerprint density at radius 2 is 1.90 bits per heavy atom. The summed E-state index contributed by atoms with van der Waals surface area (Å²) >= 11 is 1.26. The quantitative estimate of drug-likeness (QED) is 0.449. The van der Waals surface area contributed by atoms with Gasteiger partial charge in [0.15, 0.2) is 5.82 Å². The molecule has 1 aliphatic heterocycles. The number of rotatable bonds is 5. The lowest BCUT2D eigenvalue weighted by Gasteiger charge is -2.14. The molecule has 0 fully saturated rings. The van der Waals surface area contributed by atoms with Crippen molar-refractivity contribution in [2.75, 3.05) is 18.4 Å². The molecule has 5 rings (SSSR count). The molecule has 7 nitrogen and oxygen atoms in total. The van der Waals surface area contributed by atoms with E-state index in [4.69, 9.17) is 15.7 Å². The smallest absolute Gasteiger partial charge is 0.250 e. The molecule has 3 heterocycles. The molecule has 4 N–H and O–H groups in total. The van der Waals surface area contributed by atoms with Crippen LogP contribution in [0.1, 0.15) is 27.2 Å². The Balaban J connectivity index is 1.59. The van der Waals surface area contributed by atoms with E-state index in [1.165, 1.54) is 17.1 Å². The van der Waals surface area contributed by atoms with E-state index < -0.39 is 5.91 Å². The number of aromatic nitrogens is 3. The highest BCUT2D eigenvalue weighted by molar-refractivity contribution is 7.14. The minimum Gasteiger partial charge on any atom is -0.366 e. The van der Waals surface area contributed by atoms with Crippen molar-refractivity contribution in [2.45, 2.75) is 19.4 Å². The van der Waals surface area contributed by atoms with Gasteiger partial charge in [-0.3, -0.25) is 4.79 Å². The molecule has 0 atom stereocenters. The van der Waals surface area contributed by atoms with Crippen LogP contribution in [0.4, 0.5) is 5.82 Å². The molecule has 2 aromatic carbocycles. The molecule has 8 heteroatoms. The van der Waals surface area contributed by atoms with Gasteiger partial charge in [-0.15, -0.1) is 0 Å². The van der Waals surface area contributed by atoms with Gasteiger partial charge in [0.2, 0.25) is 5.91 Å². The van der Waals surface area contributed by atoms with Gasteiger partial charge in [0, 0.05) is 30.5 Å². The van der Waals surface area contributed by atoms with Crippen LogP contribution in [0.25, 0.3) is 21.6 Å². The number of nitrogens with zero attached hydrogens (tertiary/aromatic N) is 3. The van der Waals surface area contributed by atoms with E-state index in [9.17, 15) is 4.79 Å². The highest BCUT2D eigenvalue weighted by atomic mass is 32.1. The number of benzene rings is 2. The van der Waals surface area contributed by atoms with Crippen LogP contribution in [0.15, 0.2) is 48.5 Å². The predicted molar refractivity (Wildman–Crippen MR) is 123 cm³/mol. The highest BCUT2D eigenvalue weighted by Crippen LogP contribution is 2.33. The summed E-state index contributed by atoms with van der Waals surface area (Å²) in [6, 6.07) is 15.7. The molecule has 0 bridgehead atoms. The summed E-state index contributed by atoms with van der Waals surface area (Å²) in [6.07, 6.45) is 1.70. The molecular weight excluding hydrogens is 408 g/mol. The van der Waals surface area contributed by atoms with Gasteiger partial charge in [-0.25, -0.2) is 9.97 Å². The molecule has 4 aromatic rings. The molecule has 2 aromatic heterocycles. The van der Waals surface area contributed by atoms with Crippen molar-refractivity contribution in [3.8, 4) is 11.5 Å².